The van der Waals surface area contributed by atoms with Crippen molar-refractivity contribution in [1.82, 2.24) is 10.6 Å². The Labute approximate surface area is 149 Å². The summed E-state index contributed by atoms with van der Waals surface area (Å²) in [6, 6.07) is 6.81. The summed E-state index contributed by atoms with van der Waals surface area (Å²) in [6.07, 6.45) is 2.39. The maximum atomic E-state index is 13.2. The predicted octanol–water partition coefficient (Wildman–Crippen LogP) is 1.84. The smallest absolute Gasteiger partial charge is 0.241 e. The lowest BCUT2D eigenvalue weighted by atomic mass is 10.0. The Hall–Kier alpha value is -1.11. The molecule has 1 aromatic rings. The van der Waals surface area contributed by atoms with Crippen molar-refractivity contribution in [3.05, 3.63) is 29.8 Å². The van der Waals surface area contributed by atoms with Crippen LogP contribution in [0.15, 0.2) is 29.2 Å². The predicted molar refractivity (Wildman–Crippen MR) is 96.2 cm³/mol. The molecule has 1 saturated heterocycles. The number of benzene rings is 1. The van der Waals surface area contributed by atoms with Crippen LogP contribution in [0.5, 0.6) is 0 Å². The molecule has 0 spiro atoms. The first kappa shape index (κ1) is 19.2. The Bertz CT molecular complexity index is 678. The van der Waals surface area contributed by atoms with Gasteiger partial charge >= 0.3 is 0 Å². The molecular formula is C17H25ClN2O3S. The topological polar surface area (TPSA) is 75.3 Å². The van der Waals surface area contributed by atoms with E-state index in [1.165, 1.54) is 0 Å². The SMILES string of the molecule is Cc1ccc(S(=O)(=O)C2(C(=O)NCC3CNC3)CCCC2)cc1.Cl. The molecule has 0 aromatic heterocycles. The molecule has 1 aromatic carbocycles. The second kappa shape index (κ2) is 7.42. The van der Waals surface area contributed by atoms with Crippen LogP contribution < -0.4 is 10.6 Å². The minimum atomic E-state index is -3.68. The van der Waals surface area contributed by atoms with Crippen LogP contribution in [0.2, 0.25) is 0 Å². The van der Waals surface area contributed by atoms with Crippen molar-refractivity contribution in [2.45, 2.75) is 42.2 Å². The number of carbonyl (C=O) groups excluding carboxylic acids is 1. The molecule has 0 radical (unpaired) electrons. The Morgan fingerprint density at radius 1 is 1.21 bits per heavy atom. The van der Waals surface area contributed by atoms with Crippen molar-refractivity contribution in [2.24, 2.45) is 5.92 Å². The van der Waals surface area contributed by atoms with E-state index in [0.717, 1.165) is 31.5 Å². The van der Waals surface area contributed by atoms with Crippen molar-refractivity contribution in [3.63, 3.8) is 0 Å². The van der Waals surface area contributed by atoms with Gasteiger partial charge < -0.3 is 10.6 Å². The van der Waals surface area contributed by atoms with Crippen molar-refractivity contribution in [3.8, 4) is 0 Å². The summed E-state index contributed by atoms with van der Waals surface area (Å²) in [4.78, 5) is 13.0. The molecule has 2 fully saturated rings. The number of carbonyl (C=O) groups is 1. The first-order valence-corrected chi connectivity index (χ1v) is 9.74. The van der Waals surface area contributed by atoms with Crippen molar-refractivity contribution in [2.75, 3.05) is 19.6 Å². The Balaban J connectivity index is 0.00000208. The Kier molecular flexibility index (Phi) is 5.94. The molecule has 1 amide bonds. The average molecular weight is 373 g/mol. The lowest BCUT2D eigenvalue weighted by molar-refractivity contribution is -0.123. The van der Waals surface area contributed by atoms with Crippen LogP contribution >= 0.6 is 12.4 Å². The van der Waals surface area contributed by atoms with Gasteiger partial charge in [0, 0.05) is 25.6 Å². The molecule has 2 aliphatic rings. The lowest BCUT2D eigenvalue weighted by Gasteiger charge is -2.31. The molecule has 1 aliphatic heterocycles. The number of hydrogen-bond donors (Lipinski definition) is 2. The summed E-state index contributed by atoms with van der Waals surface area (Å²) >= 11 is 0. The highest BCUT2D eigenvalue weighted by Crippen LogP contribution is 2.40. The third-order valence-corrected chi connectivity index (χ3v) is 7.60. The van der Waals surface area contributed by atoms with Crippen LogP contribution in [-0.2, 0) is 14.6 Å². The van der Waals surface area contributed by atoms with Gasteiger partial charge in [0.25, 0.3) is 0 Å². The van der Waals surface area contributed by atoms with E-state index in [0.29, 0.717) is 25.3 Å². The standard InChI is InChI=1S/C17H24N2O3S.ClH/c1-13-4-6-15(7-5-13)23(21,22)17(8-2-3-9-17)16(20)19-12-14-10-18-11-14;/h4-7,14,18H,2-3,8-12H2,1H3,(H,19,20);1H. The minimum absolute atomic E-state index is 0. The zero-order valence-corrected chi connectivity index (χ0v) is 15.5. The largest absolute Gasteiger partial charge is 0.354 e. The summed E-state index contributed by atoms with van der Waals surface area (Å²) in [6.45, 7) is 4.24. The summed E-state index contributed by atoms with van der Waals surface area (Å²) in [5.74, 6) is 0.0990. The van der Waals surface area contributed by atoms with Gasteiger partial charge in [-0.2, -0.15) is 0 Å². The highest BCUT2D eigenvalue weighted by molar-refractivity contribution is 7.93. The van der Waals surface area contributed by atoms with Gasteiger partial charge in [0.15, 0.2) is 14.6 Å². The number of rotatable bonds is 5. The van der Waals surface area contributed by atoms with Gasteiger partial charge in [-0.15, -0.1) is 12.4 Å². The molecule has 0 unspecified atom stereocenters. The monoisotopic (exact) mass is 372 g/mol. The maximum absolute atomic E-state index is 13.2. The first-order valence-electron chi connectivity index (χ1n) is 8.26. The second-order valence-electron chi connectivity index (χ2n) is 6.75. The van der Waals surface area contributed by atoms with E-state index in [1.807, 2.05) is 6.92 Å². The van der Waals surface area contributed by atoms with E-state index in [2.05, 4.69) is 10.6 Å². The van der Waals surface area contributed by atoms with E-state index in [1.54, 1.807) is 24.3 Å². The van der Waals surface area contributed by atoms with Crippen LogP contribution in [-0.4, -0.2) is 38.7 Å². The molecule has 2 N–H and O–H groups in total. The van der Waals surface area contributed by atoms with Crippen LogP contribution in [0.3, 0.4) is 0 Å². The fourth-order valence-electron chi connectivity index (χ4n) is 3.40. The van der Waals surface area contributed by atoms with E-state index < -0.39 is 14.6 Å². The summed E-state index contributed by atoms with van der Waals surface area (Å²) in [7, 11) is -3.68. The number of aryl methyl sites for hydroxylation is 1. The van der Waals surface area contributed by atoms with E-state index in [4.69, 9.17) is 0 Å². The molecule has 1 saturated carbocycles. The van der Waals surface area contributed by atoms with Crippen LogP contribution in [0.4, 0.5) is 0 Å². The Morgan fingerprint density at radius 2 is 1.79 bits per heavy atom. The molecule has 1 heterocycles. The quantitative estimate of drug-likeness (QED) is 0.827. The zero-order valence-electron chi connectivity index (χ0n) is 13.9. The molecule has 0 bridgehead atoms. The summed E-state index contributed by atoms with van der Waals surface area (Å²) in [5.41, 5.74) is 1.01. The van der Waals surface area contributed by atoms with Gasteiger partial charge in [0.2, 0.25) is 5.91 Å². The fraction of sp³-hybridized carbons (Fsp3) is 0.588. The normalized spacial score (nSPS) is 20.0. The number of hydrogen-bond acceptors (Lipinski definition) is 4. The van der Waals surface area contributed by atoms with Crippen molar-refractivity contribution >= 4 is 28.2 Å². The number of halogens is 1. The Morgan fingerprint density at radius 3 is 2.29 bits per heavy atom. The fourth-order valence-corrected chi connectivity index (χ4v) is 5.49. The zero-order chi connectivity index (χ0) is 16.5. The molecule has 7 heteroatoms. The molecule has 3 rings (SSSR count). The number of sulfone groups is 1. The van der Waals surface area contributed by atoms with E-state index in [-0.39, 0.29) is 23.2 Å². The molecule has 0 atom stereocenters. The van der Waals surface area contributed by atoms with Crippen molar-refractivity contribution in [1.29, 1.82) is 0 Å². The second-order valence-corrected chi connectivity index (χ2v) is 9.01. The third kappa shape index (κ3) is 3.32. The number of amides is 1. The molecule has 24 heavy (non-hydrogen) atoms. The number of nitrogens with one attached hydrogen (secondary N) is 2. The summed E-state index contributed by atoms with van der Waals surface area (Å²) < 4.78 is 25.0. The van der Waals surface area contributed by atoms with Gasteiger partial charge in [-0.1, -0.05) is 30.5 Å². The van der Waals surface area contributed by atoms with Gasteiger partial charge in [-0.25, -0.2) is 8.42 Å². The lowest BCUT2D eigenvalue weighted by Crippen LogP contribution is -2.54. The molecule has 134 valence electrons. The first-order chi connectivity index (χ1) is 11.0. The van der Waals surface area contributed by atoms with Crippen LogP contribution in [0.1, 0.15) is 31.2 Å². The average Bonchev–Trinajstić information content (AvgIpc) is 2.97. The van der Waals surface area contributed by atoms with Gasteiger partial charge in [0.1, 0.15) is 0 Å². The van der Waals surface area contributed by atoms with E-state index in [9.17, 15) is 13.2 Å². The highest BCUT2D eigenvalue weighted by Gasteiger charge is 2.52. The molecule has 1 aliphatic carbocycles. The van der Waals surface area contributed by atoms with Gasteiger partial charge in [0.05, 0.1) is 4.90 Å². The summed E-state index contributed by atoms with van der Waals surface area (Å²) in [5, 5.41) is 6.05. The van der Waals surface area contributed by atoms with E-state index >= 15 is 0 Å². The van der Waals surface area contributed by atoms with Gasteiger partial charge in [-0.3, -0.25) is 4.79 Å². The third-order valence-electron chi connectivity index (χ3n) is 5.09. The molecular weight excluding hydrogens is 348 g/mol. The minimum Gasteiger partial charge on any atom is -0.354 e. The van der Waals surface area contributed by atoms with Crippen LogP contribution in [0.25, 0.3) is 0 Å². The molecule has 5 nitrogen and oxygen atoms in total. The van der Waals surface area contributed by atoms with Crippen molar-refractivity contribution < 1.29 is 13.2 Å². The maximum Gasteiger partial charge on any atom is 0.241 e. The highest BCUT2D eigenvalue weighted by atomic mass is 35.5. The van der Waals surface area contributed by atoms with Gasteiger partial charge in [-0.05, 0) is 31.9 Å². The van der Waals surface area contributed by atoms with Crippen LogP contribution in [0, 0.1) is 12.8 Å².